The van der Waals surface area contributed by atoms with Crippen LogP contribution in [0.3, 0.4) is 0 Å². The molecule has 6 heteroatoms. The van der Waals surface area contributed by atoms with Gasteiger partial charge in [-0.3, -0.25) is 4.79 Å². The van der Waals surface area contributed by atoms with Crippen LogP contribution in [0.4, 0.5) is 0 Å². The number of amides is 1. The first-order valence-electron chi connectivity index (χ1n) is 7.87. The fourth-order valence-electron chi connectivity index (χ4n) is 2.69. The third-order valence-corrected chi connectivity index (χ3v) is 4.25. The van der Waals surface area contributed by atoms with Gasteiger partial charge in [0.1, 0.15) is 6.61 Å². The fourth-order valence-corrected chi connectivity index (χ4v) is 2.80. The van der Waals surface area contributed by atoms with Crippen LogP contribution in [0.5, 0.6) is 5.88 Å². The fraction of sp³-hybridized carbons (Fsp3) is 0.625. The summed E-state index contributed by atoms with van der Waals surface area (Å²) in [6.07, 6.45) is 4.53. The molecule has 0 saturated carbocycles. The summed E-state index contributed by atoms with van der Waals surface area (Å²) in [5.74, 6) is 1.62. The molecule has 1 aromatic heterocycles. The van der Waals surface area contributed by atoms with E-state index in [9.17, 15) is 4.79 Å². The van der Waals surface area contributed by atoms with Gasteiger partial charge in [-0.25, -0.2) is 4.98 Å². The van der Waals surface area contributed by atoms with Gasteiger partial charge in [-0.1, -0.05) is 18.5 Å². The van der Waals surface area contributed by atoms with Crippen LogP contribution in [-0.4, -0.2) is 37.1 Å². The Hall–Kier alpha value is -1.33. The number of carbonyl (C=O) groups excluding carboxylic acids is 1. The van der Waals surface area contributed by atoms with Gasteiger partial charge in [-0.15, -0.1) is 0 Å². The zero-order chi connectivity index (χ0) is 15.8. The lowest BCUT2D eigenvalue weighted by molar-refractivity contribution is -0.122. The van der Waals surface area contributed by atoms with Crippen LogP contribution in [-0.2, 0) is 4.79 Å². The highest BCUT2D eigenvalue weighted by atomic mass is 35.5. The predicted octanol–water partition coefficient (Wildman–Crippen LogP) is 2.26. The Kier molecular flexibility index (Phi) is 6.93. The van der Waals surface area contributed by atoms with Crippen LogP contribution < -0.4 is 15.4 Å². The van der Waals surface area contributed by atoms with Crippen LogP contribution in [0.2, 0.25) is 5.02 Å². The van der Waals surface area contributed by atoms with Crippen molar-refractivity contribution in [3.8, 4) is 5.88 Å². The van der Waals surface area contributed by atoms with Crippen LogP contribution in [0.1, 0.15) is 26.2 Å². The molecule has 2 rings (SSSR count). The number of rotatable bonds is 7. The summed E-state index contributed by atoms with van der Waals surface area (Å²) >= 11 is 5.75. The second-order valence-electron chi connectivity index (χ2n) is 5.80. The first-order chi connectivity index (χ1) is 10.6. The molecular weight excluding hydrogens is 302 g/mol. The van der Waals surface area contributed by atoms with E-state index in [0.717, 1.165) is 13.1 Å². The highest BCUT2D eigenvalue weighted by molar-refractivity contribution is 6.30. The van der Waals surface area contributed by atoms with Crippen molar-refractivity contribution in [2.75, 3.05) is 26.2 Å². The quantitative estimate of drug-likeness (QED) is 0.755. The lowest BCUT2D eigenvalue weighted by atomic mass is 9.85. The molecule has 0 aromatic carbocycles. The number of ether oxygens (including phenoxy) is 1. The molecule has 2 atom stereocenters. The van der Waals surface area contributed by atoms with Gasteiger partial charge in [0.2, 0.25) is 11.8 Å². The Labute approximate surface area is 136 Å². The Morgan fingerprint density at radius 3 is 3.14 bits per heavy atom. The van der Waals surface area contributed by atoms with Gasteiger partial charge in [-0.05, 0) is 43.8 Å². The summed E-state index contributed by atoms with van der Waals surface area (Å²) in [4.78, 5) is 16.0. The second-order valence-corrected chi connectivity index (χ2v) is 6.24. The van der Waals surface area contributed by atoms with Crippen LogP contribution >= 0.6 is 11.6 Å². The van der Waals surface area contributed by atoms with E-state index in [-0.39, 0.29) is 5.91 Å². The lowest BCUT2D eigenvalue weighted by Crippen LogP contribution is -2.36. The number of piperidine rings is 1. The molecule has 1 aromatic rings. The molecule has 0 spiro atoms. The van der Waals surface area contributed by atoms with Crippen molar-refractivity contribution in [1.82, 2.24) is 15.6 Å². The minimum atomic E-state index is 0.0886. The number of hydrogen-bond donors (Lipinski definition) is 2. The Bertz CT molecular complexity index is 461. The number of hydrogen-bond acceptors (Lipinski definition) is 4. The molecule has 5 nitrogen and oxygen atoms in total. The molecule has 0 radical (unpaired) electrons. The van der Waals surface area contributed by atoms with E-state index in [0.29, 0.717) is 42.3 Å². The van der Waals surface area contributed by atoms with Gasteiger partial charge in [0.25, 0.3) is 0 Å². The number of pyridine rings is 1. The Morgan fingerprint density at radius 2 is 2.45 bits per heavy atom. The predicted molar refractivity (Wildman–Crippen MR) is 87.1 cm³/mol. The smallest absolute Gasteiger partial charge is 0.220 e. The van der Waals surface area contributed by atoms with Gasteiger partial charge in [0, 0.05) is 18.7 Å². The third-order valence-electron chi connectivity index (χ3n) is 4.02. The van der Waals surface area contributed by atoms with Gasteiger partial charge in [0.05, 0.1) is 11.6 Å². The van der Waals surface area contributed by atoms with E-state index in [1.54, 1.807) is 12.1 Å². The summed E-state index contributed by atoms with van der Waals surface area (Å²) in [5.41, 5.74) is 0. The highest BCUT2D eigenvalue weighted by Gasteiger charge is 2.21. The summed E-state index contributed by atoms with van der Waals surface area (Å²) in [5, 5.41) is 6.87. The topological polar surface area (TPSA) is 63.2 Å². The normalized spacial score (nSPS) is 19.5. The molecule has 1 fully saturated rings. The molecular formula is C16H24ClN3O2. The van der Waals surface area contributed by atoms with Crippen molar-refractivity contribution in [3.63, 3.8) is 0 Å². The first kappa shape index (κ1) is 17.0. The maximum Gasteiger partial charge on any atom is 0.220 e. The van der Waals surface area contributed by atoms with Crippen LogP contribution in [0.15, 0.2) is 18.3 Å². The molecule has 2 unspecified atom stereocenters. The molecule has 22 heavy (non-hydrogen) atoms. The minimum Gasteiger partial charge on any atom is -0.476 e. The second kappa shape index (κ2) is 8.96. The largest absolute Gasteiger partial charge is 0.476 e. The van der Waals surface area contributed by atoms with Crippen molar-refractivity contribution in [1.29, 1.82) is 0 Å². The number of nitrogens with one attached hydrogen (secondary N) is 2. The molecule has 2 N–H and O–H groups in total. The van der Waals surface area contributed by atoms with Gasteiger partial charge < -0.3 is 15.4 Å². The molecule has 1 amide bonds. The summed E-state index contributed by atoms with van der Waals surface area (Å²) in [7, 11) is 0. The monoisotopic (exact) mass is 325 g/mol. The maximum atomic E-state index is 11.9. The average Bonchev–Trinajstić information content (AvgIpc) is 2.54. The lowest BCUT2D eigenvalue weighted by Gasteiger charge is -2.28. The molecule has 1 aliphatic heterocycles. The molecule has 1 aliphatic rings. The summed E-state index contributed by atoms with van der Waals surface area (Å²) < 4.78 is 5.44. The standard InChI is InChI=1S/C16H24ClN3O2/c1-12(13-3-2-6-18-10-13)9-15(21)19-7-8-22-16-5-4-14(17)11-20-16/h4-5,11-13,18H,2-3,6-10H2,1H3,(H,19,21). The van der Waals surface area contributed by atoms with Gasteiger partial charge in [-0.2, -0.15) is 0 Å². The molecule has 0 aliphatic carbocycles. The highest BCUT2D eigenvalue weighted by Crippen LogP contribution is 2.22. The third kappa shape index (κ3) is 5.81. The number of carbonyl (C=O) groups is 1. The van der Waals surface area contributed by atoms with Gasteiger partial charge >= 0.3 is 0 Å². The summed E-state index contributed by atoms with van der Waals surface area (Å²) in [6.45, 7) is 5.18. The van der Waals surface area contributed by atoms with E-state index in [1.165, 1.54) is 19.0 Å². The van der Waals surface area contributed by atoms with Crippen molar-refractivity contribution < 1.29 is 9.53 Å². The van der Waals surface area contributed by atoms with Crippen LogP contribution in [0, 0.1) is 11.8 Å². The molecule has 122 valence electrons. The summed E-state index contributed by atoms with van der Waals surface area (Å²) in [6, 6.07) is 3.44. The SMILES string of the molecule is CC(CC(=O)NCCOc1ccc(Cl)cn1)C1CCCNC1. The van der Waals surface area contributed by atoms with Crippen molar-refractivity contribution >= 4 is 17.5 Å². The van der Waals surface area contributed by atoms with Crippen LogP contribution in [0.25, 0.3) is 0 Å². The Balaban J connectivity index is 1.60. The molecule has 1 saturated heterocycles. The van der Waals surface area contributed by atoms with E-state index in [4.69, 9.17) is 16.3 Å². The van der Waals surface area contributed by atoms with Crippen molar-refractivity contribution in [2.45, 2.75) is 26.2 Å². The van der Waals surface area contributed by atoms with E-state index in [2.05, 4.69) is 22.5 Å². The number of aromatic nitrogens is 1. The zero-order valence-electron chi connectivity index (χ0n) is 13.0. The van der Waals surface area contributed by atoms with Crippen molar-refractivity contribution in [3.05, 3.63) is 23.4 Å². The maximum absolute atomic E-state index is 11.9. The average molecular weight is 326 g/mol. The van der Waals surface area contributed by atoms with E-state index >= 15 is 0 Å². The zero-order valence-corrected chi connectivity index (χ0v) is 13.7. The van der Waals surface area contributed by atoms with Crippen molar-refractivity contribution in [2.24, 2.45) is 11.8 Å². The Morgan fingerprint density at radius 1 is 1.59 bits per heavy atom. The van der Waals surface area contributed by atoms with E-state index in [1.807, 2.05) is 0 Å². The first-order valence-corrected chi connectivity index (χ1v) is 8.24. The van der Waals surface area contributed by atoms with E-state index < -0.39 is 0 Å². The number of nitrogens with zero attached hydrogens (tertiary/aromatic N) is 1. The molecule has 2 heterocycles. The molecule has 0 bridgehead atoms. The van der Waals surface area contributed by atoms with Gasteiger partial charge in [0.15, 0.2) is 0 Å². The minimum absolute atomic E-state index is 0.0886. The number of halogens is 1.